The van der Waals surface area contributed by atoms with E-state index in [1.54, 1.807) is 12.1 Å². The van der Waals surface area contributed by atoms with Gasteiger partial charge in [-0.1, -0.05) is 6.07 Å². The third-order valence-corrected chi connectivity index (χ3v) is 3.49. The normalized spacial score (nSPS) is 19.3. The Hall–Kier alpha value is -1.39. The molecule has 0 spiro atoms. The molecule has 2 rings (SSSR count). The minimum atomic E-state index is -0.873. The number of carboxylic acids is 1. The maximum atomic E-state index is 10.9. The van der Waals surface area contributed by atoms with Crippen molar-refractivity contribution in [3.8, 4) is 0 Å². The van der Waals surface area contributed by atoms with Crippen LogP contribution in [0.25, 0.3) is 0 Å². The van der Waals surface area contributed by atoms with Crippen molar-refractivity contribution in [3.05, 3.63) is 34.9 Å². The van der Waals surface area contributed by atoms with Crippen LogP contribution in [0.15, 0.2) is 18.2 Å². The van der Waals surface area contributed by atoms with Gasteiger partial charge in [-0.05, 0) is 44.0 Å². The molecular formula is C15H21NO3. The number of benzene rings is 1. The summed E-state index contributed by atoms with van der Waals surface area (Å²) in [6.45, 7) is 9.57. The van der Waals surface area contributed by atoms with Crippen molar-refractivity contribution >= 4 is 5.97 Å². The Morgan fingerprint density at radius 2 is 2.21 bits per heavy atom. The molecule has 1 heterocycles. The number of aryl methyl sites for hydroxylation is 1. The topological polar surface area (TPSA) is 49.8 Å². The summed E-state index contributed by atoms with van der Waals surface area (Å²) < 4.78 is 5.69. The molecule has 0 amide bonds. The average Bonchev–Trinajstić information content (AvgIpc) is 2.30. The number of nitrogens with zero attached hydrogens (tertiary/aromatic N) is 1. The molecule has 0 unspecified atom stereocenters. The zero-order valence-corrected chi connectivity index (χ0v) is 11.8. The van der Waals surface area contributed by atoms with E-state index in [4.69, 9.17) is 9.84 Å². The van der Waals surface area contributed by atoms with Crippen molar-refractivity contribution in [1.29, 1.82) is 0 Å². The zero-order valence-electron chi connectivity index (χ0n) is 11.8. The molecule has 104 valence electrons. The number of ether oxygens (including phenoxy) is 1. The van der Waals surface area contributed by atoms with Crippen LogP contribution in [0.3, 0.4) is 0 Å². The van der Waals surface area contributed by atoms with Crippen molar-refractivity contribution in [2.45, 2.75) is 32.9 Å². The van der Waals surface area contributed by atoms with Crippen LogP contribution in [-0.4, -0.2) is 41.3 Å². The van der Waals surface area contributed by atoms with Crippen molar-refractivity contribution < 1.29 is 14.6 Å². The van der Waals surface area contributed by atoms with Gasteiger partial charge in [0.1, 0.15) is 0 Å². The molecule has 1 aliphatic heterocycles. The van der Waals surface area contributed by atoms with Crippen LogP contribution in [0, 0.1) is 6.92 Å². The Labute approximate surface area is 114 Å². The summed E-state index contributed by atoms with van der Waals surface area (Å²) in [6.07, 6.45) is 0. The molecule has 0 atom stereocenters. The number of hydrogen-bond donors (Lipinski definition) is 1. The van der Waals surface area contributed by atoms with Gasteiger partial charge in [0, 0.05) is 19.6 Å². The van der Waals surface area contributed by atoms with Crippen LogP contribution in [0.2, 0.25) is 0 Å². The summed E-state index contributed by atoms with van der Waals surface area (Å²) >= 11 is 0. The highest BCUT2D eigenvalue weighted by molar-refractivity contribution is 5.87. The lowest BCUT2D eigenvalue weighted by molar-refractivity contribution is -0.0883. The van der Waals surface area contributed by atoms with E-state index in [0.29, 0.717) is 5.56 Å². The van der Waals surface area contributed by atoms with E-state index in [-0.39, 0.29) is 5.60 Å². The van der Waals surface area contributed by atoms with E-state index >= 15 is 0 Å². The molecule has 4 heteroatoms. The minimum Gasteiger partial charge on any atom is -0.478 e. The molecule has 4 nitrogen and oxygen atoms in total. The molecule has 1 aromatic carbocycles. The summed E-state index contributed by atoms with van der Waals surface area (Å²) in [6, 6.07) is 5.33. The van der Waals surface area contributed by atoms with Crippen molar-refractivity contribution in [2.75, 3.05) is 19.7 Å². The number of rotatable bonds is 3. The molecular weight excluding hydrogens is 242 g/mol. The number of carboxylic acid groups (broad SMARTS) is 1. The Kier molecular flexibility index (Phi) is 3.92. The van der Waals surface area contributed by atoms with Crippen LogP contribution in [0.4, 0.5) is 0 Å². The third kappa shape index (κ3) is 3.55. The molecule has 0 saturated carbocycles. The van der Waals surface area contributed by atoms with Crippen LogP contribution < -0.4 is 0 Å². The molecule has 0 bridgehead atoms. The summed E-state index contributed by atoms with van der Waals surface area (Å²) in [5, 5.41) is 8.96. The van der Waals surface area contributed by atoms with Gasteiger partial charge in [-0.2, -0.15) is 0 Å². The van der Waals surface area contributed by atoms with Crippen LogP contribution in [0.1, 0.15) is 35.3 Å². The summed E-state index contributed by atoms with van der Waals surface area (Å²) in [7, 11) is 0. The summed E-state index contributed by atoms with van der Waals surface area (Å²) in [5.41, 5.74) is 2.46. The lowest BCUT2D eigenvalue weighted by Gasteiger charge is -2.38. The average molecular weight is 263 g/mol. The molecule has 1 aromatic rings. The van der Waals surface area contributed by atoms with Crippen molar-refractivity contribution in [2.24, 2.45) is 0 Å². The van der Waals surface area contributed by atoms with Gasteiger partial charge in [-0.15, -0.1) is 0 Å². The lowest BCUT2D eigenvalue weighted by atomic mass is 10.0. The van der Waals surface area contributed by atoms with E-state index in [1.807, 2.05) is 13.0 Å². The maximum absolute atomic E-state index is 10.9. The monoisotopic (exact) mass is 263 g/mol. The molecule has 1 aliphatic rings. The van der Waals surface area contributed by atoms with E-state index in [9.17, 15) is 4.79 Å². The molecule has 0 aromatic heterocycles. The largest absolute Gasteiger partial charge is 0.478 e. The first-order valence-electron chi connectivity index (χ1n) is 6.56. The molecule has 0 radical (unpaired) electrons. The van der Waals surface area contributed by atoms with E-state index in [2.05, 4.69) is 18.7 Å². The molecule has 19 heavy (non-hydrogen) atoms. The molecule has 1 saturated heterocycles. The van der Waals surface area contributed by atoms with Gasteiger partial charge >= 0.3 is 5.97 Å². The smallest absolute Gasteiger partial charge is 0.335 e. The fourth-order valence-electron chi connectivity index (χ4n) is 2.50. The second-order valence-electron chi connectivity index (χ2n) is 5.77. The van der Waals surface area contributed by atoms with Gasteiger partial charge in [0.2, 0.25) is 0 Å². The Bertz CT molecular complexity index is 482. The van der Waals surface area contributed by atoms with Gasteiger partial charge in [-0.25, -0.2) is 4.79 Å². The van der Waals surface area contributed by atoms with Gasteiger partial charge in [0.15, 0.2) is 0 Å². The number of carbonyl (C=O) groups is 1. The van der Waals surface area contributed by atoms with Crippen molar-refractivity contribution in [1.82, 2.24) is 4.90 Å². The lowest BCUT2D eigenvalue weighted by Crippen LogP contribution is -2.47. The Morgan fingerprint density at radius 1 is 1.47 bits per heavy atom. The quantitative estimate of drug-likeness (QED) is 0.909. The minimum absolute atomic E-state index is 0.104. The first kappa shape index (κ1) is 14.0. The fourth-order valence-corrected chi connectivity index (χ4v) is 2.50. The predicted octanol–water partition coefficient (Wildman–Crippen LogP) is 2.30. The van der Waals surface area contributed by atoms with Crippen LogP contribution in [-0.2, 0) is 11.3 Å². The standard InChI is InChI=1S/C15H21NO3/c1-11-8-12(14(17)18)4-5-13(11)9-16-6-7-19-15(2,3)10-16/h4-5,8H,6-7,9-10H2,1-3H3,(H,17,18). The second-order valence-corrected chi connectivity index (χ2v) is 5.77. The van der Waals surface area contributed by atoms with Crippen LogP contribution in [0.5, 0.6) is 0 Å². The van der Waals surface area contributed by atoms with Gasteiger partial charge < -0.3 is 9.84 Å². The van der Waals surface area contributed by atoms with E-state index < -0.39 is 5.97 Å². The Balaban J connectivity index is 2.09. The summed E-state index contributed by atoms with van der Waals surface area (Å²) in [4.78, 5) is 13.3. The fraction of sp³-hybridized carbons (Fsp3) is 0.533. The molecule has 1 fully saturated rings. The Morgan fingerprint density at radius 3 is 2.79 bits per heavy atom. The van der Waals surface area contributed by atoms with Gasteiger partial charge in [0.05, 0.1) is 17.8 Å². The first-order chi connectivity index (χ1) is 8.87. The van der Waals surface area contributed by atoms with E-state index in [1.165, 1.54) is 5.56 Å². The number of morpholine rings is 1. The third-order valence-electron chi connectivity index (χ3n) is 3.49. The van der Waals surface area contributed by atoms with Gasteiger partial charge in [-0.3, -0.25) is 4.90 Å². The zero-order chi connectivity index (χ0) is 14.0. The van der Waals surface area contributed by atoms with Gasteiger partial charge in [0.25, 0.3) is 0 Å². The first-order valence-corrected chi connectivity index (χ1v) is 6.56. The van der Waals surface area contributed by atoms with Crippen LogP contribution >= 0.6 is 0 Å². The highest BCUT2D eigenvalue weighted by atomic mass is 16.5. The number of hydrogen-bond acceptors (Lipinski definition) is 3. The molecule has 0 aliphatic carbocycles. The SMILES string of the molecule is Cc1cc(C(=O)O)ccc1CN1CCOC(C)(C)C1. The second kappa shape index (κ2) is 5.31. The van der Waals surface area contributed by atoms with E-state index in [0.717, 1.165) is 31.8 Å². The molecule has 1 N–H and O–H groups in total. The highest BCUT2D eigenvalue weighted by Gasteiger charge is 2.27. The summed E-state index contributed by atoms with van der Waals surface area (Å²) in [5.74, 6) is -0.873. The van der Waals surface area contributed by atoms with Crippen molar-refractivity contribution in [3.63, 3.8) is 0 Å². The number of aromatic carboxylic acids is 1. The predicted molar refractivity (Wildman–Crippen MR) is 73.4 cm³/mol. The highest BCUT2D eigenvalue weighted by Crippen LogP contribution is 2.20. The maximum Gasteiger partial charge on any atom is 0.335 e.